The standard InChI is InChI=1S/C19H25N5O/c1-13-9-14(2)24(22-13)11-17(25)23-8-4-6-19(12-23)7-5-16-10-20-15(3)21-18(16)19/h9-10H,4-8,11-12H2,1-3H3. The van der Waals surface area contributed by atoms with Crippen LogP contribution in [-0.2, 0) is 23.2 Å². The summed E-state index contributed by atoms with van der Waals surface area (Å²) in [5, 5.41) is 4.43. The highest BCUT2D eigenvalue weighted by atomic mass is 16.2. The highest BCUT2D eigenvalue weighted by Crippen LogP contribution is 2.43. The van der Waals surface area contributed by atoms with Crippen molar-refractivity contribution < 1.29 is 4.79 Å². The summed E-state index contributed by atoms with van der Waals surface area (Å²) in [7, 11) is 0. The quantitative estimate of drug-likeness (QED) is 0.840. The predicted molar refractivity (Wildman–Crippen MR) is 94.3 cm³/mol. The summed E-state index contributed by atoms with van der Waals surface area (Å²) in [5.41, 5.74) is 4.46. The van der Waals surface area contributed by atoms with Crippen molar-refractivity contribution in [1.29, 1.82) is 0 Å². The molecule has 0 bridgehead atoms. The number of fused-ring (bicyclic) bond motifs is 2. The topological polar surface area (TPSA) is 63.9 Å². The summed E-state index contributed by atoms with van der Waals surface area (Å²) in [5.74, 6) is 0.982. The van der Waals surface area contributed by atoms with Crippen molar-refractivity contribution in [3.8, 4) is 0 Å². The minimum Gasteiger partial charge on any atom is -0.340 e. The van der Waals surface area contributed by atoms with Crippen LogP contribution in [0, 0.1) is 20.8 Å². The van der Waals surface area contributed by atoms with Crippen LogP contribution in [0.4, 0.5) is 0 Å². The molecule has 2 aromatic heterocycles. The second kappa shape index (κ2) is 5.93. The van der Waals surface area contributed by atoms with Crippen molar-refractivity contribution in [2.24, 2.45) is 0 Å². The number of aromatic nitrogens is 4. The van der Waals surface area contributed by atoms with Gasteiger partial charge in [0.25, 0.3) is 0 Å². The fourth-order valence-electron chi connectivity index (χ4n) is 4.43. The lowest BCUT2D eigenvalue weighted by Gasteiger charge is -2.40. The summed E-state index contributed by atoms with van der Waals surface area (Å²) in [6, 6.07) is 2.01. The second-order valence-corrected chi connectivity index (χ2v) is 7.57. The molecule has 132 valence electrons. The molecular formula is C19H25N5O. The number of piperidine rings is 1. The van der Waals surface area contributed by atoms with Gasteiger partial charge in [0.15, 0.2) is 0 Å². The monoisotopic (exact) mass is 339 g/mol. The third kappa shape index (κ3) is 2.83. The van der Waals surface area contributed by atoms with Gasteiger partial charge in [0.1, 0.15) is 12.4 Å². The van der Waals surface area contributed by atoms with E-state index < -0.39 is 0 Å². The van der Waals surface area contributed by atoms with Crippen LogP contribution in [0.2, 0.25) is 0 Å². The van der Waals surface area contributed by atoms with Crippen LogP contribution in [0.3, 0.4) is 0 Å². The maximum Gasteiger partial charge on any atom is 0.244 e. The molecule has 0 aromatic carbocycles. The number of hydrogen-bond donors (Lipinski definition) is 0. The van der Waals surface area contributed by atoms with Crippen molar-refractivity contribution in [2.75, 3.05) is 13.1 Å². The number of carbonyl (C=O) groups excluding carboxylic acids is 1. The van der Waals surface area contributed by atoms with E-state index in [4.69, 9.17) is 4.98 Å². The molecule has 4 rings (SSSR count). The van der Waals surface area contributed by atoms with Crippen LogP contribution >= 0.6 is 0 Å². The zero-order chi connectivity index (χ0) is 17.6. The van der Waals surface area contributed by atoms with Gasteiger partial charge in [-0.05, 0) is 58.1 Å². The normalized spacial score (nSPS) is 22.4. The average Bonchev–Trinajstić information content (AvgIpc) is 3.08. The van der Waals surface area contributed by atoms with Crippen molar-refractivity contribution in [2.45, 2.75) is 58.4 Å². The van der Waals surface area contributed by atoms with E-state index >= 15 is 0 Å². The average molecular weight is 339 g/mol. The molecule has 25 heavy (non-hydrogen) atoms. The molecule has 1 fully saturated rings. The Labute approximate surface area is 148 Å². The van der Waals surface area contributed by atoms with Crippen LogP contribution in [0.1, 0.15) is 47.7 Å². The number of hydrogen-bond acceptors (Lipinski definition) is 4. The lowest BCUT2D eigenvalue weighted by atomic mass is 9.77. The SMILES string of the molecule is Cc1cc(C)n(CC(=O)N2CCCC3(CCc4cnc(C)nc43)C2)n1. The summed E-state index contributed by atoms with van der Waals surface area (Å²) >= 11 is 0. The molecule has 2 aromatic rings. The Morgan fingerprint density at radius 3 is 2.88 bits per heavy atom. The molecule has 0 N–H and O–H groups in total. The summed E-state index contributed by atoms with van der Waals surface area (Å²) in [6.45, 7) is 7.83. The smallest absolute Gasteiger partial charge is 0.244 e. The van der Waals surface area contributed by atoms with Gasteiger partial charge < -0.3 is 4.90 Å². The number of carbonyl (C=O) groups is 1. The number of likely N-dealkylation sites (tertiary alicyclic amines) is 1. The van der Waals surface area contributed by atoms with Gasteiger partial charge in [-0.1, -0.05) is 0 Å². The lowest BCUT2D eigenvalue weighted by Crippen LogP contribution is -2.49. The Hall–Kier alpha value is -2.24. The van der Waals surface area contributed by atoms with Gasteiger partial charge in [0.2, 0.25) is 5.91 Å². The molecule has 2 aliphatic rings. The molecule has 1 saturated heterocycles. The van der Waals surface area contributed by atoms with Crippen molar-refractivity contribution in [3.05, 3.63) is 40.7 Å². The number of rotatable bonds is 2. The molecule has 1 spiro atoms. The fourth-order valence-corrected chi connectivity index (χ4v) is 4.43. The summed E-state index contributed by atoms with van der Waals surface area (Å²) in [4.78, 5) is 24.0. The molecular weight excluding hydrogens is 314 g/mol. The molecule has 0 saturated carbocycles. The fraction of sp³-hybridized carbons (Fsp3) is 0.579. The van der Waals surface area contributed by atoms with E-state index in [-0.39, 0.29) is 11.3 Å². The number of aryl methyl sites for hydroxylation is 4. The molecule has 1 unspecified atom stereocenters. The molecule has 1 atom stereocenters. The number of amides is 1. The summed E-state index contributed by atoms with van der Waals surface area (Å²) < 4.78 is 1.81. The minimum absolute atomic E-state index is 0.0199. The Morgan fingerprint density at radius 1 is 1.28 bits per heavy atom. The van der Waals surface area contributed by atoms with Gasteiger partial charge >= 0.3 is 0 Å². The van der Waals surface area contributed by atoms with Crippen molar-refractivity contribution >= 4 is 5.91 Å². The van der Waals surface area contributed by atoms with Gasteiger partial charge in [-0.25, -0.2) is 9.97 Å². The van der Waals surface area contributed by atoms with Gasteiger partial charge in [-0.3, -0.25) is 9.48 Å². The van der Waals surface area contributed by atoms with Crippen molar-refractivity contribution in [3.63, 3.8) is 0 Å². The lowest BCUT2D eigenvalue weighted by molar-refractivity contribution is -0.134. The van der Waals surface area contributed by atoms with Gasteiger partial charge in [-0.2, -0.15) is 5.10 Å². The van der Waals surface area contributed by atoms with Crippen molar-refractivity contribution in [1.82, 2.24) is 24.6 Å². The second-order valence-electron chi connectivity index (χ2n) is 7.57. The van der Waals surface area contributed by atoms with E-state index in [9.17, 15) is 4.79 Å². The van der Waals surface area contributed by atoms with Gasteiger partial charge in [0.05, 0.1) is 11.4 Å². The Morgan fingerprint density at radius 2 is 2.12 bits per heavy atom. The molecule has 3 heterocycles. The van der Waals surface area contributed by atoms with Gasteiger partial charge in [-0.15, -0.1) is 0 Å². The first kappa shape index (κ1) is 16.2. The van der Waals surface area contributed by atoms with E-state index in [1.165, 1.54) is 11.3 Å². The predicted octanol–water partition coefficient (Wildman–Crippen LogP) is 2.10. The van der Waals surface area contributed by atoms with E-state index in [1.807, 2.05) is 42.6 Å². The first-order valence-electron chi connectivity index (χ1n) is 9.09. The first-order valence-corrected chi connectivity index (χ1v) is 9.09. The van der Waals surface area contributed by atoms with Crippen LogP contribution in [0.25, 0.3) is 0 Å². The van der Waals surface area contributed by atoms with Gasteiger partial charge in [0, 0.05) is 30.4 Å². The third-order valence-corrected chi connectivity index (χ3v) is 5.68. The largest absolute Gasteiger partial charge is 0.340 e. The van der Waals surface area contributed by atoms with E-state index in [2.05, 4.69) is 10.1 Å². The Balaban J connectivity index is 1.55. The zero-order valence-electron chi connectivity index (χ0n) is 15.2. The maximum absolute atomic E-state index is 12.9. The molecule has 1 aliphatic carbocycles. The first-order chi connectivity index (χ1) is 12.0. The van der Waals surface area contributed by atoms with E-state index in [0.29, 0.717) is 6.54 Å². The molecule has 0 radical (unpaired) electrons. The molecule has 1 amide bonds. The Kier molecular flexibility index (Phi) is 3.85. The zero-order valence-corrected chi connectivity index (χ0v) is 15.2. The third-order valence-electron chi connectivity index (χ3n) is 5.68. The molecule has 6 heteroatoms. The molecule has 1 aliphatic heterocycles. The highest BCUT2D eigenvalue weighted by Gasteiger charge is 2.44. The van der Waals surface area contributed by atoms with Crippen LogP contribution < -0.4 is 0 Å². The highest BCUT2D eigenvalue weighted by molar-refractivity contribution is 5.76. The summed E-state index contributed by atoms with van der Waals surface area (Å²) in [6.07, 6.45) is 6.22. The Bertz CT molecular complexity index is 823. The van der Waals surface area contributed by atoms with E-state index in [1.54, 1.807) is 0 Å². The molecule has 6 nitrogen and oxygen atoms in total. The van der Waals surface area contributed by atoms with Crippen LogP contribution in [0.15, 0.2) is 12.3 Å². The van der Waals surface area contributed by atoms with Crippen LogP contribution in [-0.4, -0.2) is 43.6 Å². The maximum atomic E-state index is 12.9. The minimum atomic E-state index is 0.0199. The van der Waals surface area contributed by atoms with Crippen LogP contribution in [0.5, 0.6) is 0 Å². The van der Waals surface area contributed by atoms with E-state index in [0.717, 1.165) is 56.0 Å². The number of nitrogens with zero attached hydrogens (tertiary/aromatic N) is 5.